The number of nitrogen functional groups attached to an aromatic ring is 1. The first-order valence-corrected chi connectivity index (χ1v) is 5.58. The summed E-state index contributed by atoms with van der Waals surface area (Å²) in [6.07, 6.45) is -4.44. The number of carbonyl (C=O) groups excluding carboxylic acids is 1. The number of rotatable bonds is 4. The standard InChI is InChI=1S/C10H10BrF3N2O2/c11-7-2-1-6(15)3-8(7)18-4-9(17)16-5-10(12,13)14/h1-3H,4-5,15H2,(H,16,17). The largest absolute Gasteiger partial charge is 0.483 e. The molecule has 0 atom stereocenters. The van der Waals surface area contributed by atoms with Crippen LogP contribution in [0.25, 0.3) is 0 Å². The van der Waals surface area contributed by atoms with Crippen LogP contribution < -0.4 is 15.8 Å². The molecule has 0 saturated carbocycles. The number of ether oxygens (including phenoxy) is 1. The fourth-order valence-corrected chi connectivity index (χ4v) is 1.38. The average Bonchev–Trinajstić information content (AvgIpc) is 2.26. The first-order chi connectivity index (χ1) is 8.28. The molecule has 0 aliphatic heterocycles. The number of nitrogens with two attached hydrogens (primary N) is 1. The predicted molar refractivity (Wildman–Crippen MR) is 63.1 cm³/mol. The van der Waals surface area contributed by atoms with Crippen LogP contribution in [-0.4, -0.2) is 25.2 Å². The van der Waals surface area contributed by atoms with E-state index in [1.165, 1.54) is 6.07 Å². The number of carbonyl (C=O) groups is 1. The number of hydrogen-bond acceptors (Lipinski definition) is 3. The van der Waals surface area contributed by atoms with Crippen LogP contribution in [0.1, 0.15) is 0 Å². The molecule has 0 aromatic heterocycles. The van der Waals surface area contributed by atoms with Gasteiger partial charge in [-0.2, -0.15) is 13.2 Å². The third-order valence-corrected chi connectivity index (χ3v) is 2.46. The highest BCUT2D eigenvalue weighted by Gasteiger charge is 2.27. The minimum Gasteiger partial charge on any atom is -0.483 e. The Balaban J connectivity index is 2.45. The van der Waals surface area contributed by atoms with Gasteiger partial charge in [0.15, 0.2) is 6.61 Å². The summed E-state index contributed by atoms with van der Waals surface area (Å²) in [5.41, 5.74) is 5.92. The van der Waals surface area contributed by atoms with E-state index in [-0.39, 0.29) is 5.75 Å². The molecule has 0 aliphatic rings. The van der Waals surface area contributed by atoms with E-state index in [0.29, 0.717) is 10.2 Å². The first-order valence-electron chi connectivity index (χ1n) is 4.79. The lowest BCUT2D eigenvalue weighted by Gasteiger charge is -2.10. The highest BCUT2D eigenvalue weighted by molar-refractivity contribution is 9.10. The Morgan fingerprint density at radius 1 is 1.44 bits per heavy atom. The predicted octanol–water partition coefficient (Wildman–Crippen LogP) is 2.09. The van der Waals surface area contributed by atoms with E-state index in [0.717, 1.165) is 0 Å². The fraction of sp³-hybridized carbons (Fsp3) is 0.300. The average molecular weight is 327 g/mol. The van der Waals surface area contributed by atoms with Crippen LogP contribution in [0.2, 0.25) is 0 Å². The zero-order chi connectivity index (χ0) is 13.8. The summed E-state index contributed by atoms with van der Waals surface area (Å²) in [5.74, 6) is -0.571. The monoisotopic (exact) mass is 326 g/mol. The smallest absolute Gasteiger partial charge is 0.405 e. The summed E-state index contributed by atoms with van der Waals surface area (Å²) >= 11 is 3.16. The van der Waals surface area contributed by atoms with Gasteiger partial charge in [0.05, 0.1) is 4.47 Å². The molecular formula is C10H10BrF3N2O2. The van der Waals surface area contributed by atoms with Gasteiger partial charge in [0.2, 0.25) is 0 Å². The number of amides is 1. The van der Waals surface area contributed by atoms with Crippen LogP contribution in [0.5, 0.6) is 5.75 Å². The number of benzene rings is 1. The van der Waals surface area contributed by atoms with E-state index >= 15 is 0 Å². The summed E-state index contributed by atoms with van der Waals surface area (Å²) in [7, 11) is 0. The summed E-state index contributed by atoms with van der Waals surface area (Å²) in [4.78, 5) is 11.1. The molecular weight excluding hydrogens is 317 g/mol. The van der Waals surface area contributed by atoms with E-state index in [2.05, 4.69) is 15.9 Å². The molecule has 100 valence electrons. The molecule has 0 spiro atoms. The van der Waals surface area contributed by atoms with Crippen molar-refractivity contribution in [2.24, 2.45) is 0 Å². The summed E-state index contributed by atoms with van der Waals surface area (Å²) < 4.78 is 41.0. The van der Waals surface area contributed by atoms with Crippen LogP contribution in [-0.2, 0) is 4.79 Å². The van der Waals surface area contributed by atoms with E-state index < -0.39 is 25.2 Å². The van der Waals surface area contributed by atoms with E-state index in [1.54, 1.807) is 17.4 Å². The van der Waals surface area contributed by atoms with E-state index in [4.69, 9.17) is 10.5 Å². The van der Waals surface area contributed by atoms with Gasteiger partial charge < -0.3 is 15.8 Å². The van der Waals surface area contributed by atoms with Crippen molar-refractivity contribution in [1.29, 1.82) is 0 Å². The van der Waals surface area contributed by atoms with Gasteiger partial charge in [-0.3, -0.25) is 4.79 Å². The second kappa shape index (κ2) is 5.94. The van der Waals surface area contributed by atoms with Crippen LogP contribution in [0.15, 0.2) is 22.7 Å². The first kappa shape index (κ1) is 14.6. The summed E-state index contributed by atoms with van der Waals surface area (Å²) in [6, 6.07) is 4.68. The van der Waals surface area contributed by atoms with Crippen molar-refractivity contribution in [3.8, 4) is 5.75 Å². The van der Waals surface area contributed by atoms with Crippen molar-refractivity contribution < 1.29 is 22.7 Å². The number of alkyl halides is 3. The normalized spacial score (nSPS) is 11.1. The maximum Gasteiger partial charge on any atom is 0.405 e. The lowest BCUT2D eigenvalue weighted by molar-refractivity contribution is -0.139. The summed E-state index contributed by atoms with van der Waals surface area (Å²) in [5, 5.41) is 1.69. The van der Waals surface area contributed by atoms with Gasteiger partial charge in [0.1, 0.15) is 12.3 Å². The number of hydrogen-bond donors (Lipinski definition) is 2. The second-order valence-corrected chi connectivity index (χ2v) is 4.22. The van der Waals surface area contributed by atoms with Crippen molar-refractivity contribution >= 4 is 27.5 Å². The Hall–Kier alpha value is -1.44. The van der Waals surface area contributed by atoms with E-state index in [1.807, 2.05) is 0 Å². The lowest BCUT2D eigenvalue weighted by Crippen LogP contribution is -2.36. The Morgan fingerprint density at radius 3 is 2.72 bits per heavy atom. The molecule has 0 saturated heterocycles. The Labute approximate surface area is 109 Å². The molecule has 4 nitrogen and oxygen atoms in total. The van der Waals surface area contributed by atoms with Gasteiger partial charge in [-0.05, 0) is 28.1 Å². The molecule has 0 fully saturated rings. The molecule has 0 aliphatic carbocycles. The van der Waals surface area contributed by atoms with Crippen LogP contribution in [0.3, 0.4) is 0 Å². The molecule has 18 heavy (non-hydrogen) atoms. The maximum absolute atomic E-state index is 11.8. The Bertz CT molecular complexity index is 438. The molecule has 0 heterocycles. The molecule has 0 bridgehead atoms. The van der Waals surface area contributed by atoms with Gasteiger partial charge in [0.25, 0.3) is 5.91 Å². The van der Waals surface area contributed by atoms with Crippen LogP contribution >= 0.6 is 15.9 Å². The van der Waals surface area contributed by atoms with Crippen molar-refractivity contribution in [2.75, 3.05) is 18.9 Å². The van der Waals surface area contributed by atoms with Gasteiger partial charge in [-0.1, -0.05) is 0 Å². The highest BCUT2D eigenvalue weighted by Crippen LogP contribution is 2.26. The topological polar surface area (TPSA) is 64.3 Å². The third kappa shape index (κ3) is 5.26. The van der Waals surface area contributed by atoms with Crippen LogP contribution in [0.4, 0.5) is 18.9 Å². The molecule has 8 heteroatoms. The van der Waals surface area contributed by atoms with Crippen molar-refractivity contribution in [1.82, 2.24) is 5.32 Å². The van der Waals surface area contributed by atoms with Crippen molar-refractivity contribution in [3.63, 3.8) is 0 Å². The van der Waals surface area contributed by atoms with Crippen molar-refractivity contribution in [2.45, 2.75) is 6.18 Å². The zero-order valence-corrected chi connectivity index (χ0v) is 10.6. The van der Waals surface area contributed by atoms with Crippen LogP contribution in [0, 0.1) is 0 Å². The van der Waals surface area contributed by atoms with E-state index in [9.17, 15) is 18.0 Å². The second-order valence-electron chi connectivity index (χ2n) is 3.37. The van der Waals surface area contributed by atoms with Gasteiger partial charge in [0, 0.05) is 11.8 Å². The quantitative estimate of drug-likeness (QED) is 0.833. The third-order valence-electron chi connectivity index (χ3n) is 1.80. The molecule has 1 rings (SSSR count). The zero-order valence-electron chi connectivity index (χ0n) is 9.05. The fourth-order valence-electron chi connectivity index (χ4n) is 1.02. The molecule has 3 N–H and O–H groups in total. The molecule has 1 aromatic rings. The molecule has 0 radical (unpaired) electrons. The minimum atomic E-state index is -4.44. The highest BCUT2D eigenvalue weighted by atomic mass is 79.9. The van der Waals surface area contributed by atoms with Gasteiger partial charge in [-0.25, -0.2) is 0 Å². The minimum absolute atomic E-state index is 0.289. The van der Waals surface area contributed by atoms with Crippen molar-refractivity contribution in [3.05, 3.63) is 22.7 Å². The molecule has 1 aromatic carbocycles. The van der Waals surface area contributed by atoms with Gasteiger partial charge >= 0.3 is 6.18 Å². The Kier molecular flexibility index (Phi) is 4.83. The number of anilines is 1. The Morgan fingerprint density at radius 2 is 2.11 bits per heavy atom. The lowest BCUT2D eigenvalue weighted by atomic mass is 10.3. The maximum atomic E-state index is 11.8. The SMILES string of the molecule is Nc1ccc(Br)c(OCC(=O)NCC(F)(F)F)c1. The number of halogens is 4. The molecule has 1 amide bonds. The summed E-state index contributed by atoms with van der Waals surface area (Å²) in [6.45, 7) is -1.90. The molecule has 0 unspecified atom stereocenters. The number of nitrogens with one attached hydrogen (secondary N) is 1. The van der Waals surface area contributed by atoms with Gasteiger partial charge in [-0.15, -0.1) is 0 Å².